The van der Waals surface area contributed by atoms with E-state index in [4.69, 9.17) is 5.73 Å². The van der Waals surface area contributed by atoms with Crippen LogP contribution in [0.15, 0.2) is 23.6 Å². The first-order valence-electron chi connectivity index (χ1n) is 5.50. The van der Waals surface area contributed by atoms with Crippen molar-refractivity contribution in [1.29, 1.82) is 0 Å². The summed E-state index contributed by atoms with van der Waals surface area (Å²) < 4.78 is 25.9. The molecule has 0 fully saturated rings. The van der Waals surface area contributed by atoms with E-state index in [0.717, 1.165) is 23.2 Å². The third-order valence-electron chi connectivity index (χ3n) is 2.26. The third kappa shape index (κ3) is 3.55. The van der Waals surface area contributed by atoms with Gasteiger partial charge in [0, 0.05) is 23.6 Å². The highest BCUT2D eigenvalue weighted by Crippen LogP contribution is 2.15. The van der Waals surface area contributed by atoms with Crippen LogP contribution >= 0.6 is 11.3 Å². The Morgan fingerprint density at radius 2 is 2.00 bits per heavy atom. The van der Waals surface area contributed by atoms with Gasteiger partial charge in [0.1, 0.15) is 17.3 Å². The van der Waals surface area contributed by atoms with Crippen LogP contribution in [0.1, 0.15) is 15.5 Å². The van der Waals surface area contributed by atoms with Crippen molar-refractivity contribution in [3.05, 3.63) is 45.9 Å². The lowest BCUT2D eigenvalue weighted by molar-refractivity contribution is 0.102. The number of nitrogens with zero attached hydrogens (tertiary/aromatic N) is 1. The Morgan fingerprint density at radius 1 is 1.32 bits per heavy atom. The van der Waals surface area contributed by atoms with E-state index in [9.17, 15) is 13.6 Å². The van der Waals surface area contributed by atoms with Gasteiger partial charge in [-0.3, -0.25) is 4.79 Å². The summed E-state index contributed by atoms with van der Waals surface area (Å²) in [4.78, 5) is 15.9. The molecule has 3 N–H and O–H groups in total. The number of carbonyl (C=O) groups excluding carboxylic acids is 1. The summed E-state index contributed by atoms with van der Waals surface area (Å²) in [5.41, 5.74) is 5.64. The predicted molar refractivity (Wildman–Crippen MR) is 69.2 cm³/mol. The quantitative estimate of drug-likeness (QED) is 0.903. The fourth-order valence-electron chi connectivity index (χ4n) is 1.47. The van der Waals surface area contributed by atoms with Crippen LogP contribution in [0.3, 0.4) is 0 Å². The minimum absolute atomic E-state index is 0.0517. The second kappa shape index (κ2) is 5.85. The number of thiazole rings is 1. The Kier molecular flexibility index (Phi) is 4.18. The molecule has 0 aliphatic rings. The van der Waals surface area contributed by atoms with Crippen LogP contribution in [0.2, 0.25) is 0 Å². The van der Waals surface area contributed by atoms with Gasteiger partial charge in [0.05, 0.1) is 5.01 Å². The highest BCUT2D eigenvalue weighted by Gasteiger charge is 2.11. The van der Waals surface area contributed by atoms with Crippen LogP contribution in [0.25, 0.3) is 0 Å². The van der Waals surface area contributed by atoms with Gasteiger partial charge in [-0.05, 0) is 18.7 Å². The summed E-state index contributed by atoms with van der Waals surface area (Å²) in [5, 5.41) is 4.72. The summed E-state index contributed by atoms with van der Waals surface area (Å²) in [5.74, 6) is -2.01. The summed E-state index contributed by atoms with van der Waals surface area (Å²) in [6.45, 7) is 0.448. The van der Waals surface area contributed by atoms with Gasteiger partial charge >= 0.3 is 0 Å². The second-order valence-corrected chi connectivity index (χ2v) is 4.72. The van der Waals surface area contributed by atoms with Crippen molar-refractivity contribution in [2.24, 2.45) is 5.73 Å². The van der Waals surface area contributed by atoms with Crippen LogP contribution in [-0.4, -0.2) is 17.4 Å². The molecule has 0 bridgehead atoms. The summed E-state index contributed by atoms with van der Waals surface area (Å²) in [6, 6.07) is 2.81. The van der Waals surface area contributed by atoms with Gasteiger partial charge in [0.15, 0.2) is 0 Å². The molecule has 2 aromatic rings. The average molecular weight is 283 g/mol. The van der Waals surface area contributed by atoms with Gasteiger partial charge in [0.2, 0.25) is 0 Å². The number of hydrogen-bond acceptors (Lipinski definition) is 4. The van der Waals surface area contributed by atoms with Crippen molar-refractivity contribution in [3.63, 3.8) is 0 Å². The van der Waals surface area contributed by atoms with E-state index in [0.29, 0.717) is 13.0 Å². The Morgan fingerprint density at radius 3 is 2.63 bits per heavy atom. The normalized spacial score (nSPS) is 10.5. The topological polar surface area (TPSA) is 68.0 Å². The van der Waals surface area contributed by atoms with Crippen molar-refractivity contribution in [2.45, 2.75) is 6.42 Å². The summed E-state index contributed by atoms with van der Waals surface area (Å²) in [6.07, 6.45) is 0.590. The molecule has 1 aromatic carbocycles. The van der Waals surface area contributed by atoms with Crippen molar-refractivity contribution in [2.75, 3.05) is 11.9 Å². The minimum atomic E-state index is -0.752. The number of benzene rings is 1. The maximum absolute atomic E-state index is 13.0. The number of rotatable bonds is 4. The molecule has 0 unspecified atom stereocenters. The van der Waals surface area contributed by atoms with Crippen LogP contribution in [0, 0.1) is 11.6 Å². The predicted octanol–water partition coefficient (Wildman–Crippen LogP) is 2.17. The van der Waals surface area contributed by atoms with Crippen molar-refractivity contribution >= 4 is 22.9 Å². The molecule has 1 aromatic heterocycles. The molecule has 0 radical (unpaired) electrons. The molecule has 0 atom stereocenters. The molecule has 0 saturated carbocycles. The zero-order valence-electron chi connectivity index (χ0n) is 9.82. The largest absolute Gasteiger partial charge is 0.330 e. The van der Waals surface area contributed by atoms with Crippen molar-refractivity contribution in [1.82, 2.24) is 4.98 Å². The first-order chi connectivity index (χ1) is 9.08. The van der Waals surface area contributed by atoms with E-state index < -0.39 is 17.5 Å². The lowest BCUT2D eigenvalue weighted by Gasteiger charge is -2.03. The van der Waals surface area contributed by atoms with E-state index in [2.05, 4.69) is 10.3 Å². The standard InChI is InChI=1S/C12H11F2N3OS/c13-7-3-8(14)5-9(4-7)16-12(18)10-6-19-11(17-10)1-2-15/h3-6H,1-2,15H2,(H,16,18). The number of nitrogens with two attached hydrogens (primary N) is 1. The molecule has 0 aliphatic carbocycles. The molecule has 0 spiro atoms. The highest BCUT2D eigenvalue weighted by molar-refractivity contribution is 7.09. The highest BCUT2D eigenvalue weighted by atomic mass is 32.1. The number of anilines is 1. The first-order valence-corrected chi connectivity index (χ1v) is 6.38. The van der Waals surface area contributed by atoms with Crippen molar-refractivity contribution in [3.8, 4) is 0 Å². The maximum Gasteiger partial charge on any atom is 0.275 e. The number of amides is 1. The molecule has 7 heteroatoms. The van der Waals surface area contributed by atoms with Crippen LogP contribution in [0.5, 0.6) is 0 Å². The van der Waals surface area contributed by atoms with Gasteiger partial charge < -0.3 is 11.1 Å². The first kappa shape index (κ1) is 13.6. The lowest BCUT2D eigenvalue weighted by Crippen LogP contribution is -2.13. The van der Waals surface area contributed by atoms with E-state index in [-0.39, 0.29) is 11.4 Å². The fourth-order valence-corrected chi connectivity index (χ4v) is 2.27. The average Bonchev–Trinajstić information content (AvgIpc) is 2.76. The molecule has 19 heavy (non-hydrogen) atoms. The Hall–Kier alpha value is -1.86. The number of aromatic nitrogens is 1. The van der Waals surface area contributed by atoms with E-state index in [1.165, 1.54) is 11.3 Å². The number of halogens is 2. The fraction of sp³-hybridized carbons (Fsp3) is 0.167. The molecule has 1 amide bonds. The summed E-state index contributed by atoms with van der Waals surface area (Å²) >= 11 is 1.32. The molecular weight excluding hydrogens is 272 g/mol. The Balaban J connectivity index is 2.11. The van der Waals surface area contributed by atoms with Crippen LogP contribution in [0.4, 0.5) is 14.5 Å². The van der Waals surface area contributed by atoms with Crippen molar-refractivity contribution < 1.29 is 13.6 Å². The Labute approximate surface area is 112 Å². The minimum Gasteiger partial charge on any atom is -0.330 e. The number of hydrogen-bond donors (Lipinski definition) is 2. The molecule has 4 nitrogen and oxygen atoms in total. The monoisotopic (exact) mass is 283 g/mol. The van der Waals surface area contributed by atoms with E-state index >= 15 is 0 Å². The molecule has 0 aliphatic heterocycles. The molecular formula is C12H11F2N3OS. The van der Waals surface area contributed by atoms with Gasteiger partial charge in [-0.15, -0.1) is 11.3 Å². The Bertz CT molecular complexity index is 580. The van der Waals surface area contributed by atoms with Gasteiger partial charge in [0.25, 0.3) is 5.91 Å². The molecule has 0 saturated heterocycles. The smallest absolute Gasteiger partial charge is 0.275 e. The van der Waals surface area contributed by atoms with E-state index in [1.54, 1.807) is 5.38 Å². The second-order valence-electron chi connectivity index (χ2n) is 3.78. The van der Waals surface area contributed by atoms with Crippen LogP contribution < -0.4 is 11.1 Å². The van der Waals surface area contributed by atoms with Gasteiger partial charge in [-0.1, -0.05) is 0 Å². The zero-order chi connectivity index (χ0) is 13.8. The number of carbonyl (C=O) groups is 1. The number of nitrogens with one attached hydrogen (secondary N) is 1. The molecule has 2 rings (SSSR count). The van der Waals surface area contributed by atoms with Gasteiger partial charge in [-0.25, -0.2) is 13.8 Å². The third-order valence-corrected chi connectivity index (χ3v) is 3.17. The molecule has 1 heterocycles. The SMILES string of the molecule is NCCc1nc(C(=O)Nc2cc(F)cc(F)c2)cs1. The zero-order valence-corrected chi connectivity index (χ0v) is 10.6. The van der Waals surface area contributed by atoms with Gasteiger partial charge in [-0.2, -0.15) is 0 Å². The van der Waals surface area contributed by atoms with Crippen LogP contribution in [-0.2, 0) is 6.42 Å². The molecule has 100 valence electrons. The van der Waals surface area contributed by atoms with E-state index in [1.807, 2.05) is 0 Å². The summed E-state index contributed by atoms with van der Waals surface area (Å²) in [7, 11) is 0. The maximum atomic E-state index is 13.0. The lowest BCUT2D eigenvalue weighted by atomic mass is 10.3.